The predicted octanol–water partition coefficient (Wildman–Crippen LogP) is -4.26. The van der Waals surface area contributed by atoms with Crippen LogP contribution in [0, 0.1) is 0 Å². The van der Waals surface area contributed by atoms with Crippen molar-refractivity contribution in [3.63, 3.8) is 0 Å². The average Bonchev–Trinajstić information content (AvgIpc) is 3.31. The van der Waals surface area contributed by atoms with Crippen LogP contribution in [0.25, 0.3) is 0 Å². The van der Waals surface area contributed by atoms with E-state index in [4.69, 9.17) is 0 Å². The van der Waals surface area contributed by atoms with Gasteiger partial charge < -0.3 is 24.8 Å². The van der Waals surface area contributed by atoms with Crippen molar-refractivity contribution in [1.82, 2.24) is 26.1 Å². The van der Waals surface area contributed by atoms with E-state index in [9.17, 15) is 0 Å². The van der Waals surface area contributed by atoms with Crippen molar-refractivity contribution in [2.24, 2.45) is 10.2 Å². The molecule has 0 saturated carbocycles. The third-order valence-electron chi connectivity index (χ3n) is 4.42. The second-order valence-electron chi connectivity index (χ2n) is 6.39. The van der Waals surface area contributed by atoms with Gasteiger partial charge in [0, 0.05) is 26.2 Å². The molecule has 2 aliphatic rings. The van der Waals surface area contributed by atoms with Gasteiger partial charge >= 0.3 is 17.1 Å². The van der Waals surface area contributed by atoms with Crippen LogP contribution in [0.4, 0.5) is 0 Å². The van der Waals surface area contributed by atoms with Crippen LogP contribution < -0.4 is 35.9 Å². The van der Waals surface area contributed by atoms with Gasteiger partial charge in [-0.15, -0.1) is 0 Å². The van der Waals surface area contributed by atoms with Gasteiger partial charge in [0.05, 0.1) is 22.8 Å². The Morgan fingerprint density at radius 2 is 1.19 bits per heavy atom. The Balaban J connectivity index is 0.00000225. The fourth-order valence-corrected chi connectivity index (χ4v) is 2.88. The van der Waals surface area contributed by atoms with Crippen LogP contribution in [0.15, 0.2) is 28.4 Å². The number of nitrogens with zero attached hydrogens (tertiary/aromatic N) is 5. The standard InChI is InChI=1S/C17H27N7.2ClH.Fe/c1-14(19-21-23-10-3-4-11-23)16-8-7-9-17(18-16)15(2)20-22-24-12-5-6-13-24;;;/h7-9,21-22H,3-6,10-13H2,1-2H3;2*1H;/q;;;+2/p-2. The molecule has 2 saturated heterocycles. The Kier molecular flexibility index (Phi) is 12.9. The van der Waals surface area contributed by atoms with Crippen LogP contribution in [-0.4, -0.2) is 52.6 Å². The number of hydrazone groups is 2. The Morgan fingerprint density at radius 3 is 1.56 bits per heavy atom. The van der Waals surface area contributed by atoms with Crippen molar-refractivity contribution in [2.45, 2.75) is 39.5 Å². The Bertz CT molecular complexity index is 566. The molecule has 0 radical (unpaired) electrons. The monoisotopic (exact) mass is 455 g/mol. The maximum atomic E-state index is 4.68. The van der Waals surface area contributed by atoms with Crippen LogP contribution >= 0.6 is 0 Å². The van der Waals surface area contributed by atoms with E-state index >= 15 is 0 Å². The minimum absolute atomic E-state index is 0. The number of pyridine rings is 1. The molecule has 3 rings (SSSR count). The van der Waals surface area contributed by atoms with E-state index in [1.54, 1.807) is 0 Å². The van der Waals surface area contributed by atoms with Gasteiger partial charge in [0.2, 0.25) is 0 Å². The van der Waals surface area contributed by atoms with Crippen LogP contribution in [0.2, 0.25) is 0 Å². The van der Waals surface area contributed by atoms with Crippen molar-refractivity contribution in [2.75, 3.05) is 26.2 Å². The van der Waals surface area contributed by atoms with Crippen molar-refractivity contribution in [3.05, 3.63) is 29.6 Å². The minimum Gasteiger partial charge on any atom is -1.00 e. The van der Waals surface area contributed by atoms with Gasteiger partial charge in [0.1, 0.15) is 0 Å². The number of hydrazine groups is 2. The van der Waals surface area contributed by atoms with Gasteiger partial charge in [-0.3, -0.25) is 0 Å². The van der Waals surface area contributed by atoms with Crippen LogP contribution in [0.5, 0.6) is 0 Å². The molecule has 10 heteroatoms. The molecule has 0 amide bonds. The molecule has 3 heterocycles. The number of halogens is 2. The third-order valence-corrected chi connectivity index (χ3v) is 4.42. The molecule has 27 heavy (non-hydrogen) atoms. The summed E-state index contributed by atoms with van der Waals surface area (Å²) in [6, 6.07) is 5.96. The molecule has 152 valence electrons. The summed E-state index contributed by atoms with van der Waals surface area (Å²) in [5.41, 5.74) is 9.74. The molecule has 2 N–H and O–H groups in total. The minimum atomic E-state index is 0. The fraction of sp³-hybridized carbons (Fsp3) is 0.588. The summed E-state index contributed by atoms with van der Waals surface area (Å²) in [5.74, 6) is 0. The molecule has 2 fully saturated rings. The van der Waals surface area contributed by atoms with Crippen LogP contribution in [0.3, 0.4) is 0 Å². The first-order valence-corrected chi connectivity index (χ1v) is 8.80. The molecule has 2 aliphatic heterocycles. The molecule has 0 aromatic carbocycles. The van der Waals surface area contributed by atoms with Gasteiger partial charge in [-0.2, -0.15) is 10.2 Å². The van der Waals surface area contributed by atoms with E-state index in [1.807, 2.05) is 32.0 Å². The molecule has 0 atom stereocenters. The van der Waals surface area contributed by atoms with Crippen LogP contribution in [0.1, 0.15) is 50.9 Å². The number of rotatable bonds is 6. The molecule has 0 aliphatic carbocycles. The van der Waals surface area contributed by atoms with Gasteiger partial charge in [-0.1, -0.05) is 6.07 Å². The molecular weight excluding hydrogens is 429 g/mol. The molecule has 7 nitrogen and oxygen atoms in total. The molecule has 0 spiro atoms. The van der Waals surface area contributed by atoms with E-state index in [1.165, 1.54) is 25.7 Å². The van der Waals surface area contributed by atoms with Gasteiger partial charge in [-0.05, 0) is 51.7 Å². The number of aromatic nitrogens is 1. The molecule has 0 unspecified atom stereocenters. The summed E-state index contributed by atoms with van der Waals surface area (Å²) < 4.78 is 0. The SMILES string of the molecule is CC(=NNN1CCCC1)c1cccc(C(C)=NNN2CCCC2)n1.[Cl-].[Cl-].[Fe+2]. The molecule has 0 bridgehead atoms. The number of hydrogen-bond acceptors (Lipinski definition) is 7. The van der Waals surface area contributed by atoms with E-state index in [0.717, 1.165) is 49.0 Å². The van der Waals surface area contributed by atoms with E-state index in [-0.39, 0.29) is 41.9 Å². The average molecular weight is 456 g/mol. The number of nitrogens with one attached hydrogen (secondary N) is 2. The normalized spacial score (nSPS) is 18.3. The summed E-state index contributed by atoms with van der Waals surface area (Å²) in [5, 5.41) is 13.2. The third kappa shape index (κ3) is 7.93. The Morgan fingerprint density at radius 1 is 0.815 bits per heavy atom. The van der Waals surface area contributed by atoms with Gasteiger partial charge in [0.25, 0.3) is 0 Å². The first-order chi connectivity index (χ1) is 11.7. The van der Waals surface area contributed by atoms with Gasteiger partial charge in [-0.25, -0.2) is 26.1 Å². The van der Waals surface area contributed by atoms with Crippen molar-refractivity contribution >= 4 is 11.4 Å². The van der Waals surface area contributed by atoms with E-state index in [0.29, 0.717) is 0 Å². The quantitative estimate of drug-likeness (QED) is 0.258. The van der Waals surface area contributed by atoms with Crippen LogP contribution in [-0.2, 0) is 17.1 Å². The van der Waals surface area contributed by atoms with E-state index < -0.39 is 0 Å². The second-order valence-corrected chi connectivity index (χ2v) is 6.39. The summed E-state index contributed by atoms with van der Waals surface area (Å²) in [4.78, 5) is 4.68. The second kappa shape index (κ2) is 13.3. The van der Waals surface area contributed by atoms with Crippen molar-refractivity contribution in [3.8, 4) is 0 Å². The Hall–Kier alpha value is -0.891. The topological polar surface area (TPSA) is 68.2 Å². The molecular formula is C17H27Cl2FeN7. The maximum absolute atomic E-state index is 4.68. The summed E-state index contributed by atoms with van der Waals surface area (Å²) in [6.45, 7) is 8.17. The summed E-state index contributed by atoms with van der Waals surface area (Å²) in [7, 11) is 0. The molecule has 1 aromatic rings. The van der Waals surface area contributed by atoms with Gasteiger partial charge in [0.15, 0.2) is 0 Å². The maximum Gasteiger partial charge on any atom is 2.00 e. The zero-order valence-electron chi connectivity index (χ0n) is 15.7. The summed E-state index contributed by atoms with van der Waals surface area (Å²) in [6.07, 6.45) is 4.92. The first-order valence-electron chi connectivity index (χ1n) is 8.80. The summed E-state index contributed by atoms with van der Waals surface area (Å²) >= 11 is 0. The smallest absolute Gasteiger partial charge is 1.00 e. The van der Waals surface area contributed by atoms with E-state index in [2.05, 4.69) is 36.3 Å². The fourth-order valence-electron chi connectivity index (χ4n) is 2.88. The van der Waals surface area contributed by atoms with Crippen molar-refractivity contribution in [1.29, 1.82) is 0 Å². The zero-order valence-corrected chi connectivity index (χ0v) is 18.4. The molecule has 1 aromatic heterocycles. The Labute approximate surface area is 184 Å². The number of hydrogen-bond donors (Lipinski definition) is 2. The zero-order chi connectivity index (χ0) is 16.8. The first kappa shape index (κ1) is 26.1. The predicted molar refractivity (Wildman–Crippen MR) is 96.5 cm³/mol. The largest absolute Gasteiger partial charge is 2.00 e. The van der Waals surface area contributed by atoms with Crippen molar-refractivity contribution < 1.29 is 41.9 Å².